The normalized spacial score (nSPS) is 11.2. The zero-order valence-corrected chi connectivity index (χ0v) is 18.1. The van der Waals surface area contributed by atoms with E-state index >= 15 is 0 Å². The minimum atomic E-state index is -4.43. The Kier molecular flexibility index (Phi) is 6.27. The van der Waals surface area contributed by atoms with Crippen molar-refractivity contribution in [1.29, 1.82) is 0 Å². The van der Waals surface area contributed by atoms with Gasteiger partial charge in [-0.1, -0.05) is 6.07 Å². The number of aryl methyl sites for hydroxylation is 1. The molecule has 0 radical (unpaired) electrons. The third-order valence-electron chi connectivity index (χ3n) is 4.67. The summed E-state index contributed by atoms with van der Waals surface area (Å²) in [7, 11) is 0. The number of aromatic nitrogens is 2. The summed E-state index contributed by atoms with van der Waals surface area (Å²) in [5.41, 5.74) is 3.40. The van der Waals surface area contributed by atoms with Gasteiger partial charge in [-0.2, -0.15) is 13.2 Å². The number of carbonyl (C=O) groups is 1. The van der Waals surface area contributed by atoms with E-state index in [1.165, 1.54) is 23.5 Å². The summed E-state index contributed by atoms with van der Waals surface area (Å²) >= 11 is 1.44. The van der Waals surface area contributed by atoms with Gasteiger partial charge in [-0.25, -0.2) is 9.78 Å². The van der Waals surface area contributed by atoms with E-state index < -0.39 is 17.8 Å². The molecule has 2 amide bonds. The van der Waals surface area contributed by atoms with Crippen LogP contribution in [0.4, 0.5) is 40.2 Å². The van der Waals surface area contributed by atoms with Crippen LogP contribution in [0.5, 0.6) is 0 Å². The molecule has 0 aliphatic heterocycles. The Hall–Kier alpha value is -3.92. The van der Waals surface area contributed by atoms with Crippen molar-refractivity contribution in [3.05, 3.63) is 83.5 Å². The Labute approximate surface area is 191 Å². The van der Waals surface area contributed by atoms with Crippen LogP contribution in [0.3, 0.4) is 0 Å². The van der Waals surface area contributed by atoms with Gasteiger partial charge < -0.3 is 16.0 Å². The number of amides is 2. The maximum Gasteiger partial charge on any atom is 0.416 e. The molecule has 2 aromatic carbocycles. The number of benzene rings is 2. The van der Waals surface area contributed by atoms with Crippen molar-refractivity contribution in [3.8, 4) is 11.3 Å². The topological polar surface area (TPSA) is 78.9 Å². The number of hydrogen-bond donors (Lipinski definition) is 3. The maximum atomic E-state index is 12.7. The Balaban J connectivity index is 1.42. The molecule has 10 heteroatoms. The molecule has 0 atom stereocenters. The van der Waals surface area contributed by atoms with Crippen LogP contribution in [0.25, 0.3) is 11.3 Å². The fourth-order valence-corrected chi connectivity index (χ4v) is 3.70. The number of carbonyl (C=O) groups excluding carboxylic acids is 1. The first kappa shape index (κ1) is 22.3. The van der Waals surface area contributed by atoms with Gasteiger partial charge in [0.1, 0.15) is 0 Å². The van der Waals surface area contributed by atoms with Gasteiger partial charge in [0.15, 0.2) is 5.13 Å². The lowest BCUT2D eigenvalue weighted by atomic mass is 10.2. The first-order chi connectivity index (χ1) is 15.8. The van der Waals surface area contributed by atoms with Gasteiger partial charge >= 0.3 is 12.2 Å². The van der Waals surface area contributed by atoms with Crippen molar-refractivity contribution >= 4 is 39.6 Å². The van der Waals surface area contributed by atoms with Crippen LogP contribution in [0.15, 0.2) is 72.4 Å². The number of thiazole rings is 1. The zero-order chi connectivity index (χ0) is 23.4. The van der Waals surface area contributed by atoms with E-state index in [9.17, 15) is 18.0 Å². The number of anilines is 4. The van der Waals surface area contributed by atoms with Crippen LogP contribution in [0, 0.1) is 6.92 Å². The maximum absolute atomic E-state index is 12.7. The summed E-state index contributed by atoms with van der Waals surface area (Å²) in [5.74, 6) is 0. The van der Waals surface area contributed by atoms with Crippen LogP contribution in [0.1, 0.15) is 11.1 Å². The Bertz CT molecular complexity index is 1260. The number of pyridine rings is 1. The van der Waals surface area contributed by atoms with Crippen molar-refractivity contribution in [3.63, 3.8) is 0 Å². The molecule has 0 spiro atoms. The summed E-state index contributed by atoms with van der Waals surface area (Å²) in [6.45, 7) is 1.92. The molecule has 0 fully saturated rings. The quantitative estimate of drug-likeness (QED) is 0.296. The van der Waals surface area contributed by atoms with Crippen molar-refractivity contribution < 1.29 is 18.0 Å². The van der Waals surface area contributed by atoms with Gasteiger partial charge in [-0.15, -0.1) is 11.3 Å². The number of halogens is 3. The number of nitrogens with zero attached hydrogens (tertiary/aromatic N) is 2. The van der Waals surface area contributed by atoms with Crippen LogP contribution < -0.4 is 16.0 Å². The van der Waals surface area contributed by atoms with E-state index in [4.69, 9.17) is 0 Å². The third kappa shape index (κ3) is 5.66. The van der Waals surface area contributed by atoms with Crippen LogP contribution in [-0.2, 0) is 6.18 Å². The summed E-state index contributed by atoms with van der Waals surface area (Å²) in [6.07, 6.45) is -0.989. The fourth-order valence-electron chi connectivity index (χ4n) is 2.96. The molecule has 4 aromatic rings. The van der Waals surface area contributed by atoms with E-state index in [1.54, 1.807) is 24.5 Å². The summed E-state index contributed by atoms with van der Waals surface area (Å²) < 4.78 is 38.0. The molecule has 0 unspecified atom stereocenters. The molecule has 2 aromatic heterocycles. The minimum absolute atomic E-state index is 0.247. The highest BCUT2D eigenvalue weighted by Gasteiger charge is 2.30. The molecule has 33 heavy (non-hydrogen) atoms. The van der Waals surface area contributed by atoms with Gasteiger partial charge in [-0.05, 0) is 61.0 Å². The lowest BCUT2D eigenvalue weighted by Gasteiger charge is -2.12. The summed E-state index contributed by atoms with van der Waals surface area (Å²) in [5, 5.41) is 11.1. The molecule has 6 nitrogen and oxygen atoms in total. The summed E-state index contributed by atoms with van der Waals surface area (Å²) in [4.78, 5) is 21.0. The number of hydrogen-bond acceptors (Lipinski definition) is 5. The van der Waals surface area contributed by atoms with E-state index in [-0.39, 0.29) is 5.69 Å². The molecule has 0 saturated heterocycles. The first-order valence-electron chi connectivity index (χ1n) is 9.77. The highest BCUT2D eigenvalue weighted by atomic mass is 32.1. The van der Waals surface area contributed by atoms with Crippen molar-refractivity contribution in [2.75, 3.05) is 16.0 Å². The molecule has 168 valence electrons. The lowest BCUT2D eigenvalue weighted by Crippen LogP contribution is -2.19. The molecule has 0 aliphatic rings. The van der Waals surface area contributed by atoms with Crippen molar-refractivity contribution in [2.45, 2.75) is 13.1 Å². The first-order valence-corrected chi connectivity index (χ1v) is 10.6. The van der Waals surface area contributed by atoms with Gasteiger partial charge in [0.2, 0.25) is 0 Å². The molecule has 0 saturated carbocycles. The van der Waals surface area contributed by atoms with Crippen LogP contribution in [0.2, 0.25) is 0 Å². The second kappa shape index (κ2) is 9.29. The predicted molar refractivity (Wildman–Crippen MR) is 124 cm³/mol. The van der Waals surface area contributed by atoms with Crippen molar-refractivity contribution in [2.24, 2.45) is 0 Å². The molecular weight excluding hydrogens is 451 g/mol. The monoisotopic (exact) mass is 469 g/mol. The number of nitrogens with one attached hydrogen (secondary N) is 3. The predicted octanol–water partition coefficient (Wildman–Crippen LogP) is 6.92. The number of urea groups is 1. The van der Waals surface area contributed by atoms with E-state index in [0.717, 1.165) is 34.6 Å². The number of alkyl halides is 3. The molecular formula is C23H18F3N5OS. The standard InChI is InChI=1S/C23H18F3N5OS/c1-14-4-7-18(29-21(32)28-17-8-5-16(6-9-17)23(24,25)26)11-19(14)30-22-31-20(13-33-22)15-3-2-10-27-12-15/h2-13H,1H3,(H,30,31)(H2,28,29,32). The van der Waals surface area contributed by atoms with Crippen LogP contribution >= 0.6 is 11.3 Å². The second-order valence-corrected chi connectivity index (χ2v) is 7.95. The largest absolute Gasteiger partial charge is 0.416 e. The average molecular weight is 469 g/mol. The van der Waals surface area contributed by atoms with E-state index in [1.807, 2.05) is 30.5 Å². The number of rotatable bonds is 5. The lowest BCUT2D eigenvalue weighted by molar-refractivity contribution is -0.137. The molecule has 0 bridgehead atoms. The highest BCUT2D eigenvalue weighted by Crippen LogP contribution is 2.31. The summed E-state index contributed by atoms with van der Waals surface area (Å²) in [6, 6.07) is 12.8. The molecule has 3 N–H and O–H groups in total. The SMILES string of the molecule is Cc1ccc(NC(=O)Nc2ccc(C(F)(F)F)cc2)cc1Nc1nc(-c2cccnc2)cs1. The Morgan fingerprint density at radius 1 is 1.00 bits per heavy atom. The minimum Gasteiger partial charge on any atom is -0.331 e. The Morgan fingerprint density at radius 2 is 1.73 bits per heavy atom. The molecule has 0 aliphatic carbocycles. The zero-order valence-electron chi connectivity index (χ0n) is 17.3. The van der Waals surface area contributed by atoms with Gasteiger partial charge in [-0.3, -0.25) is 4.98 Å². The molecule has 2 heterocycles. The molecule has 4 rings (SSSR count). The van der Waals surface area contributed by atoms with Gasteiger partial charge in [0.25, 0.3) is 0 Å². The average Bonchev–Trinajstić information content (AvgIpc) is 3.25. The highest BCUT2D eigenvalue weighted by molar-refractivity contribution is 7.14. The fraction of sp³-hybridized carbons (Fsp3) is 0.0870. The van der Waals surface area contributed by atoms with Gasteiger partial charge in [0, 0.05) is 40.4 Å². The van der Waals surface area contributed by atoms with Crippen LogP contribution in [-0.4, -0.2) is 16.0 Å². The smallest absolute Gasteiger partial charge is 0.331 e. The van der Waals surface area contributed by atoms with Crippen molar-refractivity contribution in [1.82, 2.24) is 9.97 Å². The Morgan fingerprint density at radius 3 is 2.42 bits per heavy atom. The third-order valence-corrected chi connectivity index (χ3v) is 5.43. The van der Waals surface area contributed by atoms with E-state index in [2.05, 4.69) is 25.9 Å². The van der Waals surface area contributed by atoms with E-state index in [0.29, 0.717) is 10.8 Å². The van der Waals surface area contributed by atoms with Gasteiger partial charge in [0.05, 0.1) is 11.3 Å². The second-order valence-electron chi connectivity index (χ2n) is 7.09.